The van der Waals surface area contributed by atoms with Gasteiger partial charge in [0, 0.05) is 18.7 Å². The molecular weight excluding hydrogens is 242 g/mol. The van der Waals surface area contributed by atoms with Crippen molar-refractivity contribution in [2.75, 3.05) is 0 Å². The predicted molar refractivity (Wildman–Crippen MR) is 66.5 cm³/mol. The van der Waals surface area contributed by atoms with Crippen LogP contribution in [-0.4, -0.2) is 9.55 Å². The second kappa shape index (κ2) is 4.79. The van der Waals surface area contributed by atoms with E-state index in [2.05, 4.69) is 4.98 Å². The summed E-state index contributed by atoms with van der Waals surface area (Å²) < 4.78 is 28.5. The lowest BCUT2D eigenvalue weighted by molar-refractivity contribution is 0.510. The number of imidazole rings is 1. The van der Waals surface area contributed by atoms with Crippen LogP contribution >= 0.6 is 12.2 Å². The molecule has 0 unspecified atom stereocenters. The summed E-state index contributed by atoms with van der Waals surface area (Å²) in [5, 5.41) is 0. The first-order chi connectivity index (χ1) is 8.13. The van der Waals surface area contributed by atoms with E-state index in [-0.39, 0.29) is 0 Å². The van der Waals surface area contributed by atoms with Gasteiger partial charge in [0.15, 0.2) is 16.4 Å². The van der Waals surface area contributed by atoms with E-state index in [9.17, 15) is 8.78 Å². The van der Waals surface area contributed by atoms with Crippen LogP contribution in [0.1, 0.15) is 13.3 Å². The third kappa shape index (κ3) is 2.29. The molecule has 0 fully saturated rings. The summed E-state index contributed by atoms with van der Waals surface area (Å²) in [6.45, 7) is 2.58. The Bertz CT molecular complexity index is 625. The average molecular weight is 254 g/mol. The number of fused-ring (bicyclic) bond motifs is 1. The molecule has 0 spiro atoms. The second-order valence-electron chi connectivity index (χ2n) is 3.72. The maximum Gasteiger partial charge on any atom is 0.178 e. The Morgan fingerprint density at radius 1 is 1.35 bits per heavy atom. The van der Waals surface area contributed by atoms with Crippen molar-refractivity contribution < 1.29 is 8.78 Å². The fourth-order valence-electron chi connectivity index (χ4n) is 1.74. The van der Waals surface area contributed by atoms with Crippen molar-refractivity contribution in [3.63, 3.8) is 0 Å². The highest BCUT2D eigenvalue weighted by molar-refractivity contribution is 7.71. The van der Waals surface area contributed by atoms with E-state index in [0.717, 1.165) is 12.5 Å². The van der Waals surface area contributed by atoms with Crippen molar-refractivity contribution in [3.8, 4) is 0 Å². The zero-order valence-electron chi connectivity index (χ0n) is 9.34. The lowest BCUT2D eigenvalue weighted by Gasteiger charge is -2.02. The van der Waals surface area contributed by atoms with Crippen molar-refractivity contribution in [2.45, 2.75) is 19.9 Å². The summed E-state index contributed by atoms with van der Waals surface area (Å²) in [5.41, 5.74) is 1.12. The molecule has 0 bridgehead atoms. The summed E-state index contributed by atoms with van der Waals surface area (Å²) in [6, 6.07) is 2.30. The largest absolute Gasteiger partial charge is 0.330 e. The molecule has 0 radical (unpaired) electrons. The number of hydrogen-bond acceptors (Lipinski definition) is 1. The summed E-state index contributed by atoms with van der Waals surface area (Å²) >= 11 is 5.13. The number of H-pyrrole nitrogens is 1. The number of hydrogen-bond donors (Lipinski definition) is 1. The highest BCUT2D eigenvalue weighted by atomic mass is 32.1. The number of aromatic amines is 1. The topological polar surface area (TPSA) is 20.7 Å². The van der Waals surface area contributed by atoms with Gasteiger partial charge in [-0.05, 0) is 25.6 Å². The molecule has 2 aromatic rings. The number of halogens is 2. The van der Waals surface area contributed by atoms with Crippen molar-refractivity contribution >= 4 is 23.3 Å². The highest BCUT2D eigenvalue weighted by Crippen LogP contribution is 2.18. The van der Waals surface area contributed by atoms with Gasteiger partial charge >= 0.3 is 0 Å². The molecule has 1 N–H and O–H groups in total. The van der Waals surface area contributed by atoms with Gasteiger partial charge in [-0.15, -0.1) is 0 Å². The Labute approximate surface area is 103 Å². The van der Waals surface area contributed by atoms with E-state index >= 15 is 0 Å². The Morgan fingerprint density at radius 2 is 2.06 bits per heavy atom. The van der Waals surface area contributed by atoms with Gasteiger partial charge in [-0.2, -0.15) is 0 Å². The molecule has 0 aliphatic rings. The number of nitrogens with zero attached hydrogens (tertiary/aromatic N) is 1. The van der Waals surface area contributed by atoms with Crippen molar-refractivity contribution in [1.82, 2.24) is 9.55 Å². The van der Waals surface area contributed by atoms with E-state index in [0.29, 0.717) is 22.3 Å². The lowest BCUT2D eigenvalue weighted by atomic mass is 10.3. The molecule has 1 aromatic heterocycles. The molecular formula is C12H12F2N2S. The quantitative estimate of drug-likeness (QED) is 0.650. The van der Waals surface area contributed by atoms with Crippen LogP contribution in [0.3, 0.4) is 0 Å². The van der Waals surface area contributed by atoms with Crippen LogP contribution in [0, 0.1) is 16.4 Å². The average Bonchev–Trinajstić information content (AvgIpc) is 2.57. The fourth-order valence-corrected chi connectivity index (χ4v) is 2.04. The molecule has 0 aliphatic heterocycles. The Kier molecular flexibility index (Phi) is 3.38. The van der Waals surface area contributed by atoms with E-state index in [1.807, 2.05) is 19.1 Å². The highest BCUT2D eigenvalue weighted by Gasteiger charge is 2.09. The van der Waals surface area contributed by atoms with E-state index in [1.165, 1.54) is 6.07 Å². The van der Waals surface area contributed by atoms with Gasteiger partial charge in [-0.25, -0.2) is 8.78 Å². The number of allylic oxidation sites excluding steroid dienone is 2. The van der Waals surface area contributed by atoms with Gasteiger partial charge in [0.1, 0.15) is 0 Å². The molecule has 0 saturated heterocycles. The molecule has 5 heteroatoms. The van der Waals surface area contributed by atoms with Crippen molar-refractivity contribution in [3.05, 3.63) is 40.7 Å². The second-order valence-corrected chi connectivity index (χ2v) is 4.11. The number of rotatable bonds is 3. The minimum absolute atomic E-state index is 0.481. The molecule has 17 heavy (non-hydrogen) atoms. The zero-order chi connectivity index (χ0) is 12.4. The monoisotopic (exact) mass is 254 g/mol. The number of aromatic nitrogens is 2. The van der Waals surface area contributed by atoms with Gasteiger partial charge < -0.3 is 9.55 Å². The van der Waals surface area contributed by atoms with Crippen LogP contribution in [0.25, 0.3) is 11.0 Å². The van der Waals surface area contributed by atoms with Crippen molar-refractivity contribution in [1.29, 1.82) is 0 Å². The molecule has 0 atom stereocenters. The predicted octanol–water partition coefficient (Wildman–Crippen LogP) is 3.94. The van der Waals surface area contributed by atoms with Gasteiger partial charge in [0.25, 0.3) is 0 Å². The molecule has 2 rings (SSSR count). The SMILES string of the molecule is C/C=C/CCn1c(=S)[nH]c2cc(F)c(F)cc21. The number of benzene rings is 1. The molecule has 90 valence electrons. The smallest absolute Gasteiger partial charge is 0.178 e. The number of nitrogens with one attached hydrogen (secondary N) is 1. The Morgan fingerprint density at radius 3 is 2.76 bits per heavy atom. The zero-order valence-corrected chi connectivity index (χ0v) is 10.2. The summed E-state index contributed by atoms with van der Waals surface area (Å²) in [7, 11) is 0. The normalized spacial score (nSPS) is 11.7. The molecule has 1 aromatic carbocycles. The molecule has 1 heterocycles. The summed E-state index contributed by atoms with van der Waals surface area (Å²) in [4.78, 5) is 2.87. The minimum Gasteiger partial charge on any atom is -0.330 e. The molecule has 0 saturated carbocycles. The maximum absolute atomic E-state index is 13.2. The van der Waals surface area contributed by atoms with Crippen LogP contribution in [0.5, 0.6) is 0 Å². The minimum atomic E-state index is -0.866. The van der Waals surface area contributed by atoms with E-state index in [4.69, 9.17) is 12.2 Å². The standard InChI is InChI=1S/C12H12F2N2S/c1-2-3-4-5-16-11-7-9(14)8(13)6-10(11)15-12(16)17/h2-3,6-7H,4-5H2,1H3,(H,15,17)/b3-2+. The van der Waals surface area contributed by atoms with E-state index in [1.54, 1.807) is 4.57 Å². The third-order valence-electron chi connectivity index (χ3n) is 2.57. The van der Waals surface area contributed by atoms with Crippen LogP contribution in [-0.2, 0) is 6.54 Å². The van der Waals surface area contributed by atoms with Crippen molar-refractivity contribution in [2.24, 2.45) is 0 Å². The Balaban J connectivity index is 2.51. The maximum atomic E-state index is 13.2. The van der Waals surface area contributed by atoms with Crippen LogP contribution in [0.15, 0.2) is 24.3 Å². The fraction of sp³-hybridized carbons (Fsp3) is 0.250. The van der Waals surface area contributed by atoms with Gasteiger partial charge in [-0.3, -0.25) is 0 Å². The lowest BCUT2D eigenvalue weighted by Crippen LogP contribution is -1.97. The van der Waals surface area contributed by atoms with Gasteiger partial charge in [0.05, 0.1) is 11.0 Å². The first-order valence-electron chi connectivity index (χ1n) is 5.32. The number of aryl methyl sites for hydroxylation is 1. The van der Waals surface area contributed by atoms with Crippen LogP contribution in [0.4, 0.5) is 8.78 Å². The molecule has 0 amide bonds. The first kappa shape index (κ1) is 12.0. The van der Waals surface area contributed by atoms with Crippen LogP contribution in [0.2, 0.25) is 0 Å². The van der Waals surface area contributed by atoms with Crippen LogP contribution < -0.4 is 0 Å². The summed E-state index contributed by atoms with van der Waals surface area (Å²) in [6.07, 6.45) is 4.75. The summed E-state index contributed by atoms with van der Waals surface area (Å²) in [5.74, 6) is -1.72. The Hall–Kier alpha value is -1.49. The molecule has 2 nitrogen and oxygen atoms in total. The van der Waals surface area contributed by atoms with Gasteiger partial charge in [0.2, 0.25) is 0 Å². The molecule has 0 aliphatic carbocycles. The van der Waals surface area contributed by atoms with E-state index < -0.39 is 11.6 Å². The van der Waals surface area contributed by atoms with Gasteiger partial charge in [-0.1, -0.05) is 12.2 Å². The third-order valence-corrected chi connectivity index (χ3v) is 2.89. The first-order valence-corrected chi connectivity index (χ1v) is 5.73.